The van der Waals surface area contributed by atoms with Crippen molar-refractivity contribution in [3.8, 4) is 11.4 Å². The van der Waals surface area contributed by atoms with Crippen LogP contribution in [0.25, 0.3) is 11.4 Å². The summed E-state index contributed by atoms with van der Waals surface area (Å²) in [7, 11) is 0. The number of halogens is 1. The van der Waals surface area contributed by atoms with Crippen molar-refractivity contribution in [1.82, 2.24) is 20.2 Å². The van der Waals surface area contributed by atoms with Crippen LogP contribution >= 0.6 is 0 Å². The molecule has 0 unspecified atom stereocenters. The number of rotatable bonds is 5. The van der Waals surface area contributed by atoms with Crippen LogP contribution in [0.1, 0.15) is 25.5 Å². The summed E-state index contributed by atoms with van der Waals surface area (Å²) in [5.41, 5.74) is 1.49. The predicted octanol–water partition coefficient (Wildman–Crippen LogP) is 3.22. The summed E-state index contributed by atoms with van der Waals surface area (Å²) in [6.07, 6.45) is 2.06. The van der Waals surface area contributed by atoms with Crippen molar-refractivity contribution in [3.05, 3.63) is 41.8 Å². The molecule has 3 rings (SSSR count). The largest absolute Gasteiger partial charge is 0.353 e. The number of aromatic nitrogens is 2. The van der Waals surface area contributed by atoms with Crippen LogP contribution in [0.2, 0.25) is 0 Å². The number of hydrogen-bond donors (Lipinski definition) is 1. The van der Waals surface area contributed by atoms with Crippen molar-refractivity contribution in [2.75, 3.05) is 37.6 Å². The maximum atomic E-state index is 13.5. The number of carbonyl (C=O) groups excluding carboxylic acids is 1. The van der Waals surface area contributed by atoms with Gasteiger partial charge < -0.3 is 15.1 Å². The first-order chi connectivity index (χ1) is 13.1. The van der Waals surface area contributed by atoms with E-state index >= 15 is 0 Å². The van der Waals surface area contributed by atoms with Crippen LogP contribution < -0.4 is 10.2 Å². The van der Waals surface area contributed by atoms with E-state index in [1.54, 1.807) is 12.1 Å². The van der Waals surface area contributed by atoms with E-state index in [1.807, 2.05) is 17.9 Å². The molecule has 6 nitrogen and oxygen atoms in total. The van der Waals surface area contributed by atoms with Gasteiger partial charge in [-0.2, -0.15) is 0 Å². The van der Waals surface area contributed by atoms with Crippen molar-refractivity contribution in [1.29, 1.82) is 0 Å². The number of urea groups is 1. The van der Waals surface area contributed by atoms with E-state index in [9.17, 15) is 9.18 Å². The number of amides is 2. The SMILES string of the molecule is CCCCNC(=O)N1CCN(c2cc(C)nc(-c3cccc(F)c3)n2)CC1. The second-order valence-electron chi connectivity index (χ2n) is 6.76. The van der Waals surface area contributed by atoms with Crippen molar-refractivity contribution >= 4 is 11.8 Å². The zero-order chi connectivity index (χ0) is 19.2. The lowest BCUT2D eigenvalue weighted by Gasteiger charge is -2.35. The van der Waals surface area contributed by atoms with Crippen LogP contribution in [0.4, 0.5) is 15.0 Å². The average Bonchev–Trinajstić information content (AvgIpc) is 2.68. The minimum absolute atomic E-state index is 0.00224. The Bertz CT molecular complexity index is 790. The van der Waals surface area contributed by atoms with Crippen LogP contribution in [0.5, 0.6) is 0 Å². The molecule has 1 saturated heterocycles. The minimum Gasteiger partial charge on any atom is -0.353 e. The number of aryl methyl sites for hydroxylation is 1. The van der Waals surface area contributed by atoms with Crippen LogP contribution in [-0.4, -0.2) is 53.6 Å². The second-order valence-corrected chi connectivity index (χ2v) is 6.76. The maximum absolute atomic E-state index is 13.5. The number of piperazine rings is 1. The van der Waals surface area contributed by atoms with Gasteiger partial charge in [-0.3, -0.25) is 0 Å². The van der Waals surface area contributed by atoms with Crippen molar-refractivity contribution < 1.29 is 9.18 Å². The number of anilines is 1. The lowest BCUT2D eigenvalue weighted by atomic mass is 10.2. The highest BCUT2D eigenvalue weighted by Gasteiger charge is 2.22. The monoisotopic (exact) mass is 371 g/mol. The molecule has 27 heavy (non-hydrogen) atoms. The molecule has 1 aliphatic heterocycles. The van der Waals surface area contributed by atoms with E-state index in [1.165, 1.54) is 12.1 Å². The molecule has 1 N–H and O–H groups in total. The summed E-state index contributed by atoms with van der Waals surface area (Å²) in [5, 5.41) is 2.96. The van der Waals surface area contributed by atoms with Gasteiger partial charge in [-0.05, 0) is 25.5 Å². The molecule has 0 spiro atoms. The Morgan fingerprint density at radius 3 is 2.67 bits per heavy atom. The highest BCUT2D eigenvalue weighted by Crippen LogP contribution is 2.21. The fourth-order valence-electron chi connectivity index (χ4n) is 3.09. The molecule has 1 fully saturated rings. The van der Waals surface area contributed by atoms with Crippen LogP contribution in [0.3, 0.4) is 0 Å². The Balaban J connectivity index is 1.67. The molecule has 0 bridgehead atoms. The number of nitrogens with one attached hydrogen (secondary N) is 1. The quantitative estimate of drug-likeness (QED) is 0.820. The third-order valence-corrected chi connectivity index (χ3v) is 4.62. The van der Waals surface area contributed by atoms with E-state index in [4.69, 9.17) is 0 Å². The number of unbranched alkanes of at least 4 members (excludes halogenated alkanes) is 1. The minimum atomic E-state index is -0.304. The lowest BCUT2D eigenvalue weighted by molar-refractivity contribution is 0.194. The van der Waals surface area contributed by atoms with E-state index < -0.39 is 0 Å². The molecular weight excluding hydrogens is 345 g/mol. The second kappa shape index (κ2) is 8.79. The average molecular weight is 371 g/mol. The van der Waals surface area contributed by atoms with Gasteiger partial charge in [0.2, 0.25) is 0 Å². The zero-order valence-corrected chi connectivity index (χ0v) is 15.9. The van der Waals surface area contributed by atoms with Gasteiger partial charge in [0.15, 0.2) is 5.82 Å². The lowest BCUT2D eigenvalue weighted by Crippen LogP contribution is -2.52. The van der Waals surface area contributed by atoms with Gasteiger partial charge in [0, 0.05) is 50.0 Å². The molecule has 0 saturated carbocycles. The molecular formula is C20H26FN5O. The molecule has 1 aromatic heterocycles. The van der Waals surface area contributed by atoms with Gasteiger partial charge in [0.05, 0.1) is 0 Å². The van der Waals surface area contributed by atoms with Gasteiger partial charge in [0.1, 0.15) is 11.6 Å². The molecule has 144 valence electrons. The Hall–Kier alpha value is -2.70. The first kappa shape index (κ1) is 19.1. The molecule has 7 heteroatoms. The molecule has 2 aromatic rings. The zero-order valence-electron chi connectivity index (χ0n) is 15.9. The number of benzene rings is 1. The van der Waals surface area contributed by atoms with Gasteiger partial charge >= 0.3 is 6.03 Å². The predicted molar refractivity (Wildman–Crippen MR) is 104 cm³/mol. The van der Waals surface area contributed by atoms with E-state index in [-0.39, 0.29) is 11.8 Å². The van der Waals surface area contributed by atoms with E-state index in [0.29, 0.717) is 37.6 Å². The Kier molecular flexibility index (Phi) is 6.21. The molecule has 0 atom stereocenters. The molecule has 2 amide bonds. The summed E-state index contributed by atoms with van der Waals surface area (Å²) >= 11 is 0. The molecule has 0 radical (unpaired) electrons. The smallest absolute Gasteiger partial charge is 0.317 e. The van der Waals surface area contributed by atoms with Crippen molar-refractivity contribution in [3.63, 3.8) is 0 Å². The van der Waals surface area contributed by atoms with Crippen molar-refractivity contribution in [2.24, 2.45) is 0 Å². The van der Waals surface area contributed by atoms with Gasteiger partial charge in [-0.15, -0.1) is 0 Å². The number of hydrogen-bond acceptors (Lipinski definition) is 4. The first-order valence-corrected chi connectivity index (χ1v) is 9.46. The molecule has 2 heterocycles. The summed E-state index contributed by atoms with van der Waals surface area (Å²) in [6, 6.07) is 8.25. The van der Waals surface area contributed by atoms with Gasteiger partial charge in [-0.1, -0.05) is 25.5 Å². The van der Waals surface area contributed by atoms with Crippen LogP contribution in [0.15, 0.2) is 30.3 Å². The third-order valence-electron chi connectivity index (χ3n) is 4.62. The van der Waals surface area contributed by atoms with Crippen LogP contribution in [-0.2, 0) is 0 Å². The highest BCUT2D eigenvalue weighted by atomic mass is 19.1. The maximum Gasteiger partial charge on any atom is 0.317 e. The molecule has 1 aliphatic rings. The topological polar surface area (TPSA) is 61.4 Å². The Labute approximate surface area is 159 Å². The van der Waals surface area contributed by atoms with Gasteiger partial charge in [0.25, 0.3) is 0 Å². The van der Waals surface area contributed by atoms with Crippen molar-refractivity contribution in [2.45, 2.75) is 26.7 Å². The third kappa shape index (κ3) is 4.93. The summed E-state index contributed by atoms with van der Waals surface area (Å²) in [5.74, 6) is 1.03. The summed E-state index contributed by atoms with van der Waals surface area (Å²) in [4.78, 5) is 25.2. The van der Waals surface area contributed by atoms with E-state index in [2.05, 4.69) is 27.1 Å². The normalized spacial score (nSPS) is 14.3. The van der Waals surface area contributed by atoms with E-state index in [0.717, 1.165) is 30.9 Å². The first-order valence-electron chi connectivity index (χ1n) is 9.46. The number of nitrogens with zero attached hydrogens (tertiary/aromatic N) is 4. The fraction of sp³-hybridized carbons (Fsp3) is 0.450. The standard InChI is InChI=1S/C20H26FN5O/c1-3-4-8-22-20(27)26-11-9-25(10-12-26)18-13-15(2)23-19(24-18)16-6-5-7-17(21)14-16/h5-7,13-14H,3-4,8-12H2,1-2H3,(H,22,27). The number of carbonyl (C=O) groups is 1. The van der Waals surface area contributed by atoms with Crippen LogP contribution in [0, 0.1) is 12.7 Å². The summed E-state index contributed by atoms with van der Waals surface area (Å²) in [6.45, 7) is 7.45. The Morgan fingerprint density at radius 1 is 1.19 bits per heavy atom. The highest BCUT2D eigenvalue weighted by molar-refractivity contribution is 5.74. The molecule has 1 aromatic carbocycles. The van der Waals surface area contributed by atoms with Gasteiger partial charge in [-0.25, -0.2) is 19.2 Å². The Morgan fingerprint density at radius 2 is 1.96 bits per heavy atom. The molecule has 0 aliphatic carbocycles. The fourth-order valence-corrected chi connectivity index (χ4v) is 3.09. The summed E-state index contributed by atoms with van der Waals surface area (Å²) < 4.78 is 13.5.